The predicted molar refractivity (Wildman–Crippen MR) is 41.3 cm³/mol. The summed E-state index contributed by atoms with van der Waals surface area (Å²) >= 11 is 0. The molecule has 0 unspecified atom stereocenters. The van der Waals surface area contributed by atoms with E-state index < -0.39 is 12.1 Å². The summed E-state index contributed by atoms with van der Waals surface area (Å²) in [6.07, 6.45) is -4.94. The minimum absolute atomic E-state index is 0.130. The topological polar surface area (TPSA) is 38.3 Å². The van der Waals surface area contributed by atoms with Crippen molar-refractivity contribution in [2.24, 2.45) is 0 Å². The smallest absolute Gasteiger partial charge is 0.379 e. The molecule has 1 aromatic carbocycles. The molecule has 6 heteroatoms. The molecule has 1 aromatic rings. The number of nitrogens with one attached hydrogen (secondary N) is 1. The summed E-state index contributed by atoms with van der Waals surface area (Å²) in [5, 5.41) is 0. The number of halogens is 3. The molecule has 1 N–H and O–H groups in total. The van der Waals surface area contributed by atoms with Gasteiger partial charge in [-0.15, -0.1) is 0 Å². The average Bonchev–Trinajstić information content (AvgIpc) is 2.14. The molecule has 0 aromatic heterocycles. The van der Waals surface area contributed by atoms with Crippen LogP contribution in [0.2, 0.25) is 0 Å². The van der Waals surface area contributed by atoms with Crippen molar-refractivity contribution in [1.82, 2.24) is 5.48 Å². The number of rotatable bonds is 2. The van der Waals surface area contributed by atoms with Crippen LogP contribution in [-0.2, 0) is 4.79 Å². The summed E-state index contributed by atoms with van der Waals surface area (Å²) in [5.74, 6) is -2.01. The fraction of sp³-hybridized carbons (Fsp3) is 0.125. The van der Waals surface area contributed by atoms with Gasteiger partial charge in [-0.3, -0.25) is 4.79 Å². The zero-order chi connectivity index (χ0) is 10.6. The van der Waals surface area contributed by atoms with Gasteiger partial charge in [0.05, 0.1) is 0 Å². The van der Waals surface area contributed by atoms with Crippen molar-refractivity contribution in [2.45, 2.75) is 6.18 Å². The molecule has 14 heavy (non-hydrogen) atoms. The SMILES string of the molecule is O=C(NOc1ccccc1)C(F)(F)F. The second kappa shape index (κ2) is 3.99. The number of benzene rings is 1. The van der Waals surface area contributed by atoms with E-state index in [1.54, 1.807) is 18.2 Å². The molecule has 0 aliphatic rings. The summed E-state index contributed by atoms with van der Waals surface area (Å²) in [4.78, 5) is 14.7. The average molecular weight is 205 g/mol. The molecule has 1 amide bonds. The first kappa shape index (κ1) is 10.4. The Bertz CT molecular complexity index is 310. The maximum atomic E-state index is 11.7. The number of hydrogen-bond donors (Lipinski definition) is 1. The van der Waals surface area contributed by atoms with E-state index in [0.717, 1.165) is 0 Å². The third-order valence-corrected chi connectivity index (χ3v) is 1.26. The van der Waals surface area contributed by atoms with Gasteiger partial charge in [-0.25, -0.2) is 0 Å². The number of carbonyl (C=O) groups is 1. The first-order chi connectivity index (χ1) is 6.50. The second-order valence-corrected chi connectivity index (χ2v) is 2.34. The number of para-hydroxylation sites is 1. The normalized spacial score (nSPS) is 10.8. The lowest BCUT2D eigenvalue weighted by atomic mass is 10.3. The molecule has 0 atom stereocenters. The number of alkyl halides is 3. The molecule has 76 valence electrons. The largest absolute Gasteiger partial charge is 0.474 e. The van der Waals surface area contributed by atoms with Crippen LogP contribution in [0.5, 0.6) is 5.75 Å². The van der Waals surface area contributed by atoms with Crippen molar-refractivity contribution in [3.63, 3.8) is 0 Å². The van der Waals surface area contributed by atoms with E-state index in [1.807, 2.05) is 0 Å². The van der Waals surface area contributed by atoms with Crippen LogP contribution in [0, 0.1) is 0 Å². The number of carbonyl (C=O) groups excluding carboxylic acids is 1. The lowest BCUT2D eigenvalue weighted by Gasteiger charge is -2.08. The van der Waals surface area contributed by atoms with Gasteiger partial charge >= 0.3 is 12.1 Å². The first-order valence-corrected chi connectivity index (χ1v) is 3.59. The zero-order valence-corrected chi connectivity index (χ0v) is 6.84. The van der Waals surface area contributed by atoms with Crippen LogP contribution >= 0.6 is 0 Å². The molecule has 0 aliphatic heterocycles. The fourth-order valence-electron chi connectivity index (χ4n) is 0.652. The van der Waals surface area contributed by atoms with Gasteiger partial charge in [0.2, 0.25) is 0 Å². The van der Waals surface area contributed by atoms with Crippen LogP contribution in [-0.4, -0.2) is 12.1 Å². The van der Waals surface area contributed by atoms with E-state index >= 15 is 0 Å². The van der Waals surface area contributed by atoms with Crippen molar-refractivity contribution < 1.29 is 22.8 Å². The van der Waals surface area contributed by atoms with Crippen molar-refractivity contribution in [2.75, 3.05) is 0 Å². The number of hydrogen-bond acceptors (Lipinski definition) is 2. The van der Waals surface area contributed by atoms with E-state index in [9.17, 15) is 18.0 Å². The Labute approximate surface area is 77.4 Å². The monoisotopic (exact) mass is 205 g/mol. The molecule has 0 bridgehead atoms. The molecule has 0 heterocycles. The van der Waals surface area contributed by atoms with Crippen LogP contribution in [0.1, 0.15) is 0 Å². The molecule has 0 fully saturated rings. The van der Waals surface area contributed by atoms with Gasteiger partial charge in [-0.2, -0.15) is 18.7 Å². The van der Waals surface area contributed by atoms with Gasteiger partial charge < -0.3 is 4.84 Å². The van der Waals surface area contributed by atoms with E-state index in [-0.39, 0.29) is 5.75 Å². The predicted octanol–water partition coefficient (Wildman–Crippen LogP) is 1.66. The quantitative estimate of drug-likeness (QED) is 0.745. The standard InChI is InChI=1S/C8H6F3NO2/c9-8(10,11)7(13)12-14-6-4-2-1-3-5-6/h1-5H,(H,12,13). The van der Waals surface area contributed by atoms with Gasteiger partial charge in [-0.1, -0.05) is 18.2 Å². The summed E-state index contributed by atoms with van der Waals surface area (Å²) in [7, 11) is 0. The molecule has 0 saturated heterocycles. The Balaban J connectivity index is 2.46. The Hall–Kier alpha value is -1.72. The van der Waals surface area contributed by atoms with Crippen molar-refractivity contribution in [3.8, 4) is 5.75 Å². The first-order valence-electron chi connectivity index (χ1n) is 3.59. The van der Waals surface area contributed by atoms with Gasteiger partial charge in [0.1, 0.15) is 0 Å². The van der Waals surface area contributed by atoms with Crippen LogP contribution in [0.25, 0.3) is 0 Å². The van der Waals surface area contributed by atoms with Gasteiger partial charge in [0.25, 0.3) is 0 Å². The molecule has 0 aliphatic carbocycles. The molecule has 0 spiro atoms. The highest BCUT2D eigenvalue weighted by atomic mass is 19.4. The fourth-order valence-corrected chi connectivity index (χ4v) is 0.652. The lowest BCUT2D eigenvalue weighted by molar-refractivity contribution is -0.180. The highest BCUT2D eigenvalue weighted by molar-refractivity contribution is 5.80. The Morgan fingerprint density at radius 2 is 1.79 bits per heavy atom. The van der Waals surface area contributed by atoms with Crippen molar-refractivity contribution >= 4 is 5.91 Å². The number of amides is 1. The summed E-state index contributed by atoms with van der Waals surface area (Å²) in [5.41, 5.74) is 1.27. The minimum atomic E-state index is -4.94. The van der Waals surface area contributed by atoms with E-state index in [4.69, 9.17) is 0 Å². The summed E-state index contributed by atoms with van der Waals surface area (Å²) in [6, 6.07) is 7.62. The third kappa shape index (κ3) is 2.96. The highest BCUT2D eigenvalue weighted by Gasteiger charge is 2.39. The Kier molecular flexibility index (Phi) is 2.95. The lowest BCUT2D eigenvalue weighted by Crippen LogP contribution is -2.38. The van der Waals surface area contributed by atoms with Gasteiger partial charge in [-0.05, 0) is 12.1 Å². The molecular formula is C8H6F3NO2. The molecule has 3 nitrogen and oxygen atoms in total. The van der Waals surface area contributed by atoms with Crippen LogP contribution < -0.4 is 10.3 Å². The van der Waals surface area contributed by atoms with Gasteiger partial charge in [0.15, 0.2) is 5.75 Å². The molecular weight excluding hydrogens is 199 g/mol. The second-order valence-electron chi connectivity index (χ2n) is 2.34. The Morgan fingerprint density at radius 3 is 2.29 bits per heavy atom. The number of hydroxylamine groups is 1. The molecule has 0 saturated carbocycles. The van der Waals surface area contributed by atoms with Crippen LogP contribution in [0.3, 0.4) is 0 Å². The van der Waals surface area contributed by atoms with E-state index in [2.05, 4.69) is 4.84 Å². The maximum Gasteiger partial charge on any atom is 0.474 e. The zero-order valence-electron chi connectivity index (χ0n) is 6.84. The highest BCUT2D eigenvalue weighted by Crippen LogP contribution is 2.14. The van der Waals surface area contributed by atoms with Crippen molar-refractivity contribution in [1.29, 1.82) is 0 Å². The van der Waals surface area contributed by atoms with Crippen LogP contribution in [0.15, 0.2) is 30.3 Å². The minimum Gasteiger partial charge on any atom is -0.379 e. The van der Waals surface area contributed by atoms with Crippen molar-refractivity contribution in [3.05, 3.63) is 30.3 Å². The summed E-state index contributed by atoms with van der Waals surface area (Å²) in [6.45, 7) is 0. The maximum absolute atomic E-state index is 11.7. The Morgan fingerprint density at radius 1 is 1.21 bits per heavy atom. The van der Waals surface area contributed by atoms with Gasteiger partial charge in [0, 0.05) is 0 Å². The van der Waals surface area contributed by atoms with E-state index in [1.165, 1.54) is 17.6 Å². The van der Waals surface area contributed by atoms with Crippen LogP contribution in [0.4, 0.5) is 13.2 Å². The third-order valence-electron chi connectivity index (χ3n) is 1.26. The molecule has 0 radical (unpaired) electrons. The van der Waals surface area contributed by atoms with E-state index in [0.29, 0.717) is 0 Å². The molecule has 1 rings (SSSR count). The summed E-state index contributed by atoms with van der Waals surface area (Å²) < 4.78 is 35.0.